The van der Waals surface area contributed by atoms with Crippen molar-refractivity contribution in [2.75, 3.05) is 13.2 Å². The molecule has 0 saturated heterocycles. The summed E-state index contributed by atoms with van der Waals surface area (Å²) in [6, 6.07) is 1.65. The van der Waals surface area contributed by atoms with Crippen LogP contribution in [0.2, 0.25) is 0 Å². The molecule has 1 aromatic rings. The third-order valence-corrected chi connectivity index (χ3v) is 2.21. The van der Waals surface area contributed by atoms with Gasteiger partial charge in [0.1, 0.15) is 5.82 Å². The molecule has 1 rings (SSSR count). The molecule has 5 heteroatoms. The van der Waals surface area contributed by atoms with Gasteiger partial charge in [0.25, 0.3) is 0 Å². The maximum atomic E-state index is 13.4. The molecule has 2 nitrogen and oxygen atoms in total. The Morgan fingerprint density at radius 3 is 2.06 bits per heavy atom. The molecule has 0 radical (unpaired) electrons. The predicted molar refractivity (Wildman–Crippen MR) is 57.1 cm³/mol. The second-order valence-corrected chi connectivity index (χ2v) is 3.37. The topological polar surface area (TPSA) is 18.5 Å². The second kappa shape index (κ2) is 6.61. The molecule has 0 spiro atoms. The van der Waals surface area contributed by atoms with Crippen LogP contribution in [-0.4, -0.2) is 19.5 Å². The van der Waals surface area contributed by atoms with Gasteiger partial charge < -0.3 is 9.47 Å². The molecule has 0 fully saturated rings. The van der Waals surface area contributed by atoms with Crippen molar-refractivity contribution in [1.29, 1.82) is 0 Å². The minimum atomic E-state index is -1.19. The van der Waals surface area contributed by atoms with E-state index in [0.29, 0.717) is 13.2 Å². The SMILES string of the molecule is CCOC(Cc1c(F)ccc(F)c1F)OCC. The predicted octanol–water partition coefficient (Wildman–Crippen LogP) is 3.05. The fourth-order valence-corrected chi connectivity index (χ4v) is 1.46. The highest BCUT2D eigenvalue weighted by atomic mass is 19.2. The van der Waals surface area contributed by atoms with Crippen molar-refractivity contribution in [2.24, 2.45) is 0 Å². The van der Waals surface area contributed by atoms with Gasteiger partial charge >= 0.3 is 0 Å². The van der Waals surface area contributed by atoms with E-state index in [9.17, 15) is 13.2 Å². The highest BCUT2D eigenvalue weighted by Crippen LogP contribution is 2.18. The van der Waals surface area contributed by atoms with E-state index in [1.807, 2.05) is 0 Å². The zero-order chi connectivity index (χ0) is 12.8. The van der Waals surface area contributed by atoms with Crippen LogP contribution in [0.15, 0.2) is 12.1 Å². The molecule has 0 unspecified atom stereocenters. The van der Waals surface area contributed by atoms with Crippen LogP contribution in [0.25, 0.3) is 0 Å². The maximum absolute atomic E-state index is 13.4. The fraction of sp³-hybridized carbons (Fsp3) is 0.500. The lowest BCUT2D eigenvalue weighted by atomic mass is 10.1. The van der Waals surface area contributed by atoms with Gasteiger partial charge in [-0.2, -0.15) is 0 Å². The van der Waals surface area contributed by atoms with Gasteiger partial charge in [0.15, 0.2) is 17.9 Å². The van der Waals surface area contributed by atoms with Crippen LogP contribution >= 0.6 is 0 Å². The molecule has 0 aromatic heterocycles. The Labute approximate surface area is 98.3 Å². The summed E-state index contributed by atoms with van der Waals surface area (Å²) in [5.41, 5.74) is -0.350. The van der Waals surface area contributed by atoms with Gasteiger partial charge in [0.2, 0.25) is 0 Å². The van der Waals surface area contributed by atoms with Crippen molar-refractivity contribution in [3.63, 3.8) is 0 Å². The van der Waals surface area contributed by atoms with E-state index >= 15 is 0 Å². The van der Waals surface area contributed by atoms with E-state index in [1.54, 1.807) is 13.8 Å². The molecule has 0 heterocycles. The first-order valence-corrected chi connectivity index (χ1v) is 5.45. The summed E-state index contributed by atoms with van der Waals surface area (Å²) in [7, 11) is 0. The van der Waals surface area contributed by atoms with Crippen LogP contribution in [-0.2, 0) is 15.9 Å². The van der Waals surface area contributed by atoms with Crippen LogP contribution in [0.1, 0.15) is 19.4 Å². The van der Waals surface area contributed by atoms with Crippen molar-refractivity contribution in [1.82, 2.24) is 0 Å². The molecular formula is C12H15F3O2. The monoisotopic (exact) mass is 248 g/mol. The first-order chi connectivity index (χ1) is 8.10. The standard InChI is InChI=1S/C12H15F3O2/c1-3-16-11(17-4-2)7-8-9(13)5-6-10(14)12(8)15/h5-6,11H,3-4,7H2,1-2H3. The van der Waals surface area contributed by atoms with Crippen LogP contribution < -0.4 is 0 Å². The number of benzene rings is 1. The van der Waals surface area contributed by atoms with Gasteiger partial charge in [-0.05, 0) is 26.0 Å². The molecule has 0 bridgehead atoms. The minimum Gasteiger partial charge on any atom is -0.353 e. The summed E-state index contributed by atoms with van der Waals surface area (Å²) >= 11 is 0. The lowest BCUT2D eigenvalue weighted by Gasteiger charge is -2.17. The summed E-state index contributed by atoms with van der Waals surface area (Å²) < 4.78 is 50.0. The molecule has 0 amide bonds. The molecule has 17 heavy (non-hydrogen) atoms. The lowest BCUT2D eigenvalue weighted by Crippen LogP contribution is -2.21. The van der Waals surface area contributed by atoms with Gasteiger partial charge in [-0.25, -0.2) is 13.2 Å². The summed E-state index contributed by atoms with van der Waals surface area (Å²) in [6.45, 7) is 4.18. The normalized spacial score (nSPS) is 11.2. The van der Waals surface area contributed by atoms with Crippen LogP contribution in [0.5, 0.6) is 0 Å². The third kappa shape index (κ3) is 3.71. The molecule has 0 atom stereocenters. The smallest absolute Gasteiger partial charge is 0.165 e. The quantitative estimate of drug-likeness (QED) is 0.569. The van der Waals surface area contributed by atoms with E-state index in [2.05, 4.69) is 0 Å². The number of rotatable bonds is 6. The lowest BCUT2D eigenvalue weighted by molar-refractivity contribution is -0.135. The Balaban J connectivity index is 2.88. The Kier molecular flexibility index (Phi) is 5.44. The maximum Gasteiger partial charge on any atom is 0.165 e. The fourth-order valence-electron chi connectivity index (χ4n) is 1.46. The van der Waals surface area contributed by atoms with E-state index in [1.165, 1.54) is 0 Å². The largest absolute Gasteiger partial charge is 0.353 e. The number of halogens is 3. The number of ether oxygens (including phenoxy) is 2. The molecule has 1 aromatic carbocycles. The molecule has 0 N–H and O–H groups in total. The number of hydrogen-bond donors (Lipinski definition) is 0. The second-order valence-electron chi connectivity index (χ2n) is 3.37. The van der Waals surface area contributed by atoms with Gasteiger partial charge in [0, 0.05) is 25.2 Å². The van der Waals surface area contributed by atoms with Crippen molar-refractivity contribution in [2.45, 2.75) is 26.6 Å². The van der Waals surface area contributed by atoms with Crippen LogP contribution in [0, 0.1) is 17.5 Å². The van der Waals surface area contributed by atoms with Crippen molar-refractivity contribution in [3.05, 3.63) is 35.1 Å². The van der Waals surface area contributed by atoms with E-state index < -0.39 is 23.7 Å². The zero-order valence-electron chi connectivity index (χ0n) is 9.80. The zero-order valence-corrected chi connectivity index (χ0v) is 9.80. The molecule has 0 saturated carbocycles. The van der Waals surface area contributed by atoms with E-state index in [-0.39, 0.29) is 12.0 Å². The average Bonchev–Trinajstić information content (AvgIpc) is 2.30. The van der Waals surface area contributed by atoms with Crippen LogP contribution in [0.4, 0.5) is 13.2 Å². The molecule has 0 aliphatic heterocycles. The minimum absolute atomic E-state index is 0.156. The van der Waals surface area contributed by atoms with Crippen molar-refractivity contribution < 1.29 is 22.6 Å². The summed E-state index contributed by atoms with van der Waals surface area (Å²) in [4.78, 5) is 0. The highest BCUT2D eigenvalue weighted by molar-refractivity contribution is 5.21. The van der Waals surface area contributed by atoms with Gasteiger partial charge in [-0.1, -0.05) is 0 Å². The Hall–Kier alpha value is -1.07. The van der Waals surface area contributed by atoms with Gasteiger partial charge in [0.05, 0.1) is 0 Å². The van der Waals surface area contributed by atoms with Crippen LogP contribution in [0.3, 0.4) is 0 Å². The summed E-state index contributed by atoms with van der Waals surface area (Å²) in [5.74, 6) is -3.06. The molecule has 0 aliphatic carbocycles. The molecule has 0 aliphatic rings. The highest BCUT2D eigenvalue weighted by Gasteiger charge is 2.19. The first-order valence-electron chi connectivity index (χ1n) is 5.45. The Morgan fingerprint density at radius 1 is 1.00 bits per heavy atom. The molecule has 96 valence electrons. The van der Waals surface area contributed by atoms with Crippen molar-refractivity contribution >= 4 is 0 Å². The average molecular weight is 248 g/mol. The third-order valence-electron chi connectivity index (χ3n) is 2.21. The van der Waals surface area contributed by atoms with Gasteiger partial charge in [-0.3, -0.25) is 0 Å². The van der Waals surface area contributed by atoms with Gasteiger partial charge in [-0.15, -0.1) is 0 Å². The summed E-state index contributed by atoms with van der Waals surface area (Å²) in [5, 5.41) is 0. The Bertz CT molecular complexity index is 363. The number of hydrogen-bond acceptors (Lipinski definition) is 2. The van der Waals surface area contributed by atoms with E-state index in [4.69, 9.17) is 9.47 Å². The van der Waals surface area contributed by atoms with E-state index in [0.717, 1.165) is 12.1 Å². The molecular weight excluding hydrogens is 233 g/mol. The van der Waals surface area contributed by atoms with Crippen molar-refractivity contribution in [3.8, 4) is 0 Å². The first kappa shape index (κ1) is 14.0. The summed E-state index contributed by atoms with van der Waals surface area (Å²) in [6.07, 6.45) is -0.923. The Morgan fingerprint density at radius 2 is 1.53 bits per heavy atom.